The van der Waals surface area contributed by atoms with Crippen LogP contribution in [0.3, 0.4) is 0 Å². The molecule has 1 unspecified atom stereocenters. The highest BCUT2D eigenvalue weighted by Crippen LogP contribution is 2.32. The number of aliphatic hydroxyl groups excluding tert-OH is 2. The van der Waals surface area contributed by atoms with Crippen molar-refractivity contribution in [2.24, 2.45) is 11.8 Å². The molecule has 2 amide bonds. The number of amides is 2. The fraction of sp³-hybridized carbons (Fsp3) is 0.846. The van der Waals surface area contributed by atoms with Gasteiger partial charge in [0, 0.05) is 19.0 Å². The second-order valence-corrected chi connectivity index (χ2v) is 5.47. The standard InChI is InChI=1S/C13H22N2O4/c16-7-11(8-17)14-12(18)10-2-1-5-15(6-10)13(19)9-3-4-9/h9-11,16-17H,1-8H2,(H,14,18). The van der Waals surface area contributed by atoms with E-state index in [-0.39, 0.29) is 36.9 Å². The van der Waals surface area contributed by atoms with Crippen molar-refractivity contribution in [1.29, 1.82) is 0 Å². The summed E-state index contributed by atoms with van der Waals surface area (Å²) in [7, 11) is 0. The van der Waals surface area contributed by atoms with Crippen molar-refractivity contribution < 1.29 is 19.8 Å². The zero-order valence-corrected chi connectivity index (χ0v) is 11.0. The van der Waals surface area contributed by atoms with Crippen molar-refractivity contribution in [2.45, 2.75) is 31.7 Å². The summed E-state index contributed by atoms with van der Waals surface area (Å²) in [5.74, 6) is -0.0405. The van der Waals surface area contributed by atoms with Crippen LogP contribution in [0.15, 0.2) is 0 Å². The molecule has 0 bridgehead atoms. The third-order valence-corrected chi connectivity index (χ3v) is 3.82. The minimum absolute atomic E-state index is 0.179. The van der Waals surface area contributed by atoms with Gasteiger partial charge in [0.2, 0.25) is 11.8 Å². The molecule has 2 rings (SSSR count). The molecule has 0 radical (unpaired) electrons. The quantitative estimate of drug-likeness (QED) is 0.604. The highest BCUT2D eigenvalue weighted by atomic mass is 16.3. The number of piperidine rings is 1. The molecule has 0 aromatic carbocycles. The summed E-state index contributed by atoms with van der Waals surface area (Å²) in [6.45, 7) is 0.645. The summed E-state index contributed by atoms with van der Waals surface area (Å²) in [5.41, 5.74) is 0. The summed E-state index contributed by atoms with van der Waals surface area (Å²) in [6.07, 6.45) is 3.54. The van der Waals surface area contributed by atoms with Gasteiger partial charge >= 0.3 is 0 Å². The van der Waals surface area contributed by atoms with Crippen LogP contribution in [0.5, 0.6) is 0 Å². The van der Waals surface area contributed by atoms with Crippen LogP contribution in [0, 0.1) is 11.8 Å². The van der Waals surface area contributed by atoms with Crippen molar-refractivity contribution in [1.82, 2.24) is 10.2 Å². The lowest BCUT2D eigenvalue weighted by atomic mass is 9.96. The molecule has 2 fully saturated rings. The minimum Gasteiger partial charge on any atom is -0.394 e. The van der Waals surface area contributed by atoms with E-state index >= 15 is 0 Å². The lowest BCUT2D eigenvalue weighted by Gasteiger charge is -2.32. The Balaban J connectivity index is 1.85. The van der Waals surface area contributed by atoms with Gasteiger partial charge < -0.3 is 20.4 Å². The predicted molar refractivity (Wildman–Crippen MR) is 68.1 cm³/mol. The van der Waals surface area contributed by atoms with Gasteiger partial charge in [0.1, 0.15) is 0 Å². The van der Waals surface area contributed by atoms with E-state index in [1.165, 1.54) is 0 Å². The van der Waals surface area contributed by atoms with Crippen molar-refractivity contribution in [3.8, 4) is 0 Å². The maximum atomic E-state index is 12.0. The molecule has 2 aliphatic rings. The van der Waals surface area contributed by atoms with Gasteiger partial charge in [-0.25, -0.2) is 0 Å². The first-order valence-corrected chi connectivity index (χ1v) is 6.96. The number of carbonyl (C=O) groups excluding carboxylic acids is 2. The lowest BCUT2D eigenvalue weighted by Crippen LogP contribution is -2.49. The van der Waals surface area contributed by atoms with Gasteiger partial charge in [-0.05, 0) is 25.7 Å². The molecule has 0 spiro atoms. The maximum Gasteiger partial charge on any atom is 0.225 e. The summed E-state index contributed by atoms with van der Waals surface area (Å²) in [6, 6.07) is -0.609. The second kappa shape index (κ2) is 6.34. The molecule has 1 heterocycles. The monoisotopic (exact) mass is 270 g/mol. The van der Waals surface area contributed by atoms with E-state index in [1.54, 1.807) is 4.90 Å². The van der Waals surface area contributed by atoms with Crippen LogP contribution in [0.4, 0.5) is 0 Å². The average Bonchev–Trinajstić information content (AvgIpc) is 3.28. The van der Waals surface area contributed by atoms with Crippen molar-refractivity contribution in [2.75, 3.05) is 26.3 Å². The number of nitrogens with zero attached hydrogens (tertiary/aromatic N) is 1. The third kappa shape index (κ3) is 3.67. The minimum atomic E-state index is -0.609. The van der Waals surface area contributed by atoms with Crippen LogP contribution in [0.2, 0.25) is 0 Å². The molecule has 1 saturated carbocycles. The zero-order chi connectivity index (χ0) is 13.8. The second-order valence-electron chi connectivity index (χ2n) is 5.47. The Morgan fingerprint density at radius 1 is 1.16 bits per heavy atom. The number of nitrogens with one attached hydrogen (secondary N) is 1. The molecule has 1 aliphatic heterocycles. The van der Waals surface area contributed by atoms with Gasteiger partial charge in [0.15, 0.2) is 0 Å². The normalized spacial score (nSPS) is 23.5. The maximum absolute atomic E-state index is 12.0. The van der Waals surface area contributed by atoms with Crippen LogP contribution in [-0.2, 0) is 9.59 Å². The SMILES string of the molecule is O=C(NC(CO)CO)C1CCCN(C(=O)C2CC2)C1. The fourth-order valence-corrected chi connectivity index (χ4v) is 2.45. The van der Waals surface area contributed by atoms with E-state index < -0.39 is 6.04 Å². The average molecular weight is 270 g/mol. The Bertz CT molecular complexity index is 340. The molecule has 3 N–H and O–H groups in total. The Kier molecular flexibility index (Phi) is 4.76. The van der Waals surface area contributed by atoms with E-state index in [4.69, 9.17) is 10.2 Å². The highest BCUT2D eigenvalue weighted by Gasteiger charge is 2.36. The molecule has 1 atom stereocenters. The van der Waals surface area contributed by atoms with Gasteiger partial charge in [-0.3, -0.25) is 9.59 Å². The van der Waals surface area contributed by atoms with Crippen LogP contribution in [-0.4, -0.2) is 59.3 Å². The predicted octanol–water partition coefficient (Wildman–Crippen LogP) is -0.896. The number of aliphatic hydroxyl groups is 2. The van der Waals surface area contributed by atoms with Gasteiger partial charge in [-0.1, -0.05) is 0 Å². The Morgan fingerprint density at radius 3 is 2.42 bits per heavy atom. The molecular formula is C13H22N2O4. The van der Waals surface area contributed by atoms with E-state index in [9.17, 15) is 9.59 Å². The first kappa shape index (κ1) is 14.3. The molecule has 0 aromatic rings. The molecule has 19 heavy (non-hydrogen) atoms. The van der Waals surface area contributed by atoms with Crippen molar-refractivity contribution >= 4 is 11.8 Å². The Labute approximate surface area is 112 Å². The number of hydrogen-bond donors (Lipinski definition) is 3. The van der Waals surface area contributed by atoms with E-state index in [2.05, 4.69) is 5.32 Å². The van der Waals surface area contributed by atoms with Crippen LogP contribution in [0.1, 0.15) is 25.7 Å². The van der Waals surface area contributed by atoms with E-state index in [1.807, 2.05) is 0 Å². The summed E-state index contributed by atoms with van der Waals surface area (Å²) < 4.78 is 0. The highest BCUT2D eigenvalue weighted by molar-refractivity contribution is 5.83. The molecule has 1 saturated heterocycles. The van der Waals surface area contributed by atoms with E-state index in [0.717, 1.165) is 32.2 Å². The first-order chi connectivity index (χ1) is 9.15. The van der Waals surface area contributed by atoms with Crippen molar-refractivity contribution in [3.63, 3.8) is 0 Å². The molecule has 6 nitrogen and oxygen atoms in total. The van der Waals surface area contributed by atoms with Gasteiger partial charge in [0.05, 0.1) is 25.2 Å². The number of carbonyl (C=O) groups is 2. The zero-order valence-electron chi connectivity index (χ0n) is 11.0. The van der Waals surface area contributed by atoms with Gasteiger partial charge in [0.25, 0.3) is 0 Å². The lowest BCUT2D eigenvalue weighted by molar-refractivity contribution is -0.137. The van der Waals surface area contributed by atoms with Crippen LogP contribution >= 0.6 is 0 Å². The smallest absolute Gasteiger partial charge is 0.225 e. The third-order valence-electron chi connectivity index (χ3n) is 3.82. The molecule has 108 valence electrons. The van der Waals surface area contributed by atoms with Gasteiger partial charge in [-0.2, -0.15) is 0 Å². The van der Waals surface area contributed by atoms with Crippen molar-refractivity contribution in [3.05, 3.63) is 0 Å². The van der Waals surface area contributed by atoms with Crippen LogP contribution < -0.4 is 5.32 Å². The topological polar surface area (TPSA) is 89.9 Å². The number of rotatable bonds is 5. The largest absolute Gasteiger partial charge is 0.394 e. The molecule has 1 aliphatic carbocycles. The van der Waals surface area contributed by atoms with Gasteiger partial charge in [-0.15, -0.1) is 0 Å². The Hall–Kier alpha value is -1.14. The molecular weight excluding hydrogens is 248 g/mol. The molecule has 0 aromatic heterocycles. The molecule has 6 heteroatoms. The number of likely N-dealkylation sites (tertiary alicyclic amines) is 1. The summed E-state index contributed by atoms with van der Waals surface area (Å²) in [5, 5.41) is 20.5. The number of hydrogen-bond acceptors (Lipinski definition) is 4. The van der Waals surface area contributed by atoms with E-state index in [0.29, 0.717) is 6.54 Å². The summed E-state index contributed by atoms with van der Waals surface area (Å²) >= 11 is 0. The fourth-order valence-electron chi connectivity index (χ4n) is 2.45. The van der Waals surface area contributed by atoms with Crippen LogP contribution in [0.25, 0.3) is 0 Å². The first-order valence-electron chi connectivity index (χ1n) is 6.96. The summed E-state index contributed by atoms with van der Waals surface area (Å²) in [4.78, 5) is 25.8. The Morgan fingerprint density at radius 2 is 1.84 bits per heavy atom.